The smallest absolute Gasteiger partial charge is 0.267 e. The summed E-state index contributed by atoms with van der Waals surface area (Å²) < 4.78 is 9.18. The fourth-order valence-corrected chi connectivity index (χ4v) is 3.33. The summed E-state index contributed by atoms with van der Waals surface area (Å²) >= 11 is 6.03. The summed E-state index contributed by atoms with van der Waals surface area (Å²) in [6.07, 6.45) is 1.69. The lowest BCUT2D eigenvalue weighted by molar-refractivity contribution is 0.308. The van der Waals surface area contributed by atoms with Crippen LogP contribution >= 0.6 is 11.6 Å². The summed E-state index contributed by atoms with van der Waals surface area (Å²) in [7, 11) is 1.85. The topological polar surface area (TPSA) is 61.4 Å². The maximum Gasteiger partial charge on any atom is 0.267 e. The van der Waals surface area contributed by atoms with Crippen molar-refractivity contribution >= 4 is 17.2 Å². The van der Waals surface area contributed by atoms with E-state index in [1.807, 2.05) is 51.2 Å². The fourth-order valence-electron chi connectivity index (χ4n) is 3.12. The van der Waals surface area contributed by atoms with E-state index in [0.29, 0.717) is 40.0 Å². The Morgan fingerprint density at radius 3 is 2.68 bits per heavy atom. The summed E-state index contributed by atoms with van der Waals surface area (Å²) in [5.41, 5.74) is 3.94. The van der Waals surface area contributed by atoms with E-state index < -0.39 is 0 Å². The van der Waals surface area contributed by atoms with Crippen LogP contribution in [-0.2, 0) is 13.7 Å². The largest absolute Gasteiger partial charge is 0.485 e. The summed E-state index contributed by atoms with van der Waals surface area (Å²) in [6, 6.07) is 12.9. The molecular weight excluding hydrogens is 376 g/mol. The predicted octanol–water partition coefficient (Wildman–Crippen LogP) is 3.94. The van der Waals surface area contributed by atoms with E-state index in [1.54, 1.807) is 23.0 Å². The van der Waals surface area contributed by atoms with Gasteiger partial charge in [0.05, 0.1) is 17.0 Å². The minimum atomic E-state index is -0.172. The van der Waals surface area contributed by atoms with Crippen LogP contribution in [0, 0.1) is 13.8 Å². The Morgan fingerprint density at radius 2 is 1.96 bits per heavy atom. The molecule has 4 rings (SSSR count). The molecule has 7 heteroatoms. The lowest BCUT2D eigenvalue weighted by Gasteiger charge is -2.11. The van der Waals surface area contributed by atoms with Crippen molar-refractivity contribution in [1.29, 1.82) is 0 Å². The van der Waals surface area contributed by atoms with Gasteiger partial charge in [-0.25, -0.2) is 4.98 Å². The monoisotopic (exact) mass is 394 g/mol. The van der Waals surface area contributed by atoms with Gasteiger partial charge >= 0.3 is 0 Å². The van der Waals surface area contributed by atoms with E-state index in [9.17, 15) is 4.79 Å². The molecule has 0 atom stereocenters. The van der Waals surface area contributed by atoms with Crippen molar-refractivity contribution in [3.8, 4) is 17.0 Å². The highest BCUT2D eigenvalue weighted by Gasteiger charge is 2.17. The van der Waals surface area contributed by atoms with Gasteiger partial charge in [-0.2, -0.15) is 5.10 Å². The van der Waals surface area contributed by atoms with Crippen LogP contribution in [0.25, 0.3) is 16.9 Å². The van der Waals surface area contributed by atoms with Gasteiger partial charge in [0, 0.05) is 24.0 Å². The number of aromatic nitrogens is 4. The van der Waals surface area contributed by atoms with Crippen LogP contribution in [0.15, 0.2) is 53.5 Å². The summed E-state index contributed by atoms with van der Waals surface area (Å²) in [4.78, 5) is 17.8. The average Bonchev–Trinajstić information content (AvgIpc) is 2.98. The molecular formula is C21H19ClN4O2. The van der Waals surface area contributed by atoms with Gasteiger partial charge in [0.1, 0.15) is 6.61 Å². The first-order valence-electron chi connectivity index (χ1n) is 8.84. The molecule has 0 fully saturated rings. The highest BCUT2D eigenvalue weighted by molar-refractivity contribution is 6.30. The first kappa shape index (κ1) is 18.3. The highest BCUT2D eigenvalue weighted by Crippen LogP contribution is 2.23. The van der Waals surface area contributed by atoms with Crippen LogP contribution in [-0.4, -0.2) is 19.2 Å². The molecule has 6 nitrogen and oxygen atoms in total. The van der Waals surface area contributed by atoms with Crippen molar-refractivity contribution in [3.05, 3.63) is 81.0 Å². The number of ether oxygens (including phenoxy) is 1. The maximum absolute atomic E-state index is 13.1. The van der Waals surface area contributed by atoms with Gasteiger partial charge in [0.25, 0.3) is 5.56 Å². The van der Waals surface area contributed by atoms with Crippen LogP contribution in [0.3, 0.4) is 0 Å². The van der Waals surface area contributed by atoms with Crippen molar-refractivity contribution in [2.75, 3.05) is 0 Å². The summed E-state index contributed by atoms with van der Waals surface area (Å²) in [6.45, 7) is 4.09. The van der Waals surface area contributed by atoms with Gasteiger partial charge in [-0.15, -0.1) is 0 Å². The van der Waals surface area contributed by atoms with E-state index in [1.165, 1.54) is 4.40 Å². The summed E-state index contributed by atoms with van der Waals surface area (Å²) in [5.74, 6) is 0.534. The van der Waals surface area contributed by atoms with Gasteiger partial charge in [-0.1, -0.05) is 23.7 Å². The third-order valence-corrected chi connectivity index (χ3v) is 4.89. The van der Waals surface area contributed by atoms with Crippen molar-refractivity contribution in [1.82, 2.24) is 19.2 Å². The molecule has 142 valence electrons. The molecule has 0 saturated carbocycles. The fraction of sp³-hybridized carbons (Fsp3) is 0.190. The minimum Gasteiger partial charge on any atom is -0.485 e. The molecule has 0 aliphatic carbocycles. The van der Waals surface area contributed by atoms with Crippen LogP contribution in [0.4, 0.5) is 0 Å². The Hall–Kier alpha value is -3.12. The molecule has 28 heavy (non-hydrogen) atoms. The molecule has 0 saturated heterocycles. The molecule has 0 spiro atoms. The molecule has 4 aromatic rings. The molecule has 3 heterocycles. The van der Waals surface area contributed by atoms with Crippen LogP contribution in [0.5, 0.6) is 5.75 Å². The molecule has 0 bridgehead atoms. The maximum atomic E-state index is 13.1. The van der Waals surface area contributed by atoms with Gasteiger partial charge in [-0.05, 0) is 49.7 Å². The van der Waals surface area contributed by atoms with E-state index in [2.05, 4.69) is 10.1 Å². The molecule has 0 N–H and O–H groups in total. The predicted molar refractivity (Wildman–Crippen MR) is 109 cm³/mol. The third-order valence-electron chi connectivity index (χ3n) is 4.65. The number of nitrogens with zero attached hydrogens (tertiary/aromatic N) is 4. The minimum absolute atomic E-state index is 0.172. The molecule has 0 radical (unpaired) electrons. The molecule has 0 unspecified atom stereocenters. The number of hydrogen-bond donors (Lipinski definition) is 0. The van der Waals surface area contributed by atoms with Gasteiger partial charge in [0.15, 0.2) is 11.4 Å². The first-order chi connectivity index (χ1) is 13.4. The van der Waals surface area contributed by atoms with Crippen molar-refractivity contribution in [2.45, 2.75) is 20.5 Å². The molecule has 3 aromatic heterocycles. The zero-order chi connectivity index (χ0) is 19.8. The lowest BCUT2D eigenvalue weighted by Crippen LogP contribution is -2.19. The van der Waals surface area contributed by atoms with Crippen molar-refractivity contribution in [3.63, 3.8) is 0 Å². The lowest BCUT2D eigenvalue weighted by atomic mass is 10.1. The molecule has 1 aromatic carbocycles. The average molecular weight is 395 g/mol. The van der Waals surface area contributed by atoms with E-state index >= 15 is 0 Å². The number of fused-ring (bicyclic) bond motifs is 1. The second-order valence-electron chi connectivity index (χ2n) is 6.66. The normalized spacial score (nSPS) is 11.1. The quantitative estimate of drug-likeness (QED) is 0.526. The van der Waals surface area contributed by atoms with E-state index in [0.717, 1.165) is 11.3 Å². The Bertz CT molecular complexity index is 1220. The number of pyridine rings is 1. The van der Waals surface area contributed by atoms with Crippen molar-refractivity contribution < 1.29 is 4.74 Å². The zero-order valence-electron chi connectivity index (χ0n) is 15.8. The van der Waals surface area contributed by atoms with Crippen LogP contribution in [0.1, 0.15) is 17.0 Å². The molecule has 0 amide bonds. The Labute approximate surface area is 167 Å². The zero-order valence-corrected chi connectivity index (χ0v) is 16.6. The molecule has 0 aliphatic rings. The highest BCUT2D eigenvalue weighted by atomic mass is 35.5. The molecule has 0 aliphatic heterocycles. The number of halogens is 1. The number of aryl methyl sites for hydroxylation is 3. The second-order valence-corrected chi connectivity index (χ2v) is 7.09. The SMILES string of the molecule is Cc1nc2c(OCc3cccc(Cl)c3)cccn2c(=O)c1-c1cc(C)n(C)n1. The third kappa shape index (κ3) is 3.27. The Balaban J connectivity index is 1.77. The van der Waals surface area contributed by atoms with Gasteiger partial charge < -0.3 is 4.74 Å². The van der Waals surface area contributed by atoms with Gasteiger partial charge in [-0.3, -0.25) is 13.9 Å². The van der Waals surface area contributed by atoms with Crippen LogP contribution < -0.4 is 10.3 Å². The number of hydrogen-bond acceptors (Lipinski definition) is 4. The van der Waals surface area contributed by atoms with Crippen LogP contribution in [0.2, 0.25) is 5.02 Å². The van der Waals surface area contributed by atoms with Gasteiger partial charge in [0.2, 0.25) is 0 Å². The van der Waals surface area contributed by atoms with Crippen molar-refractivity contribution in [2.24, 2.45) is 7.05 Å². The Kier molecular flexibility index (Phi) is 4.65. The second kappa shape index (κ2) is 7.13. The van der Waals surface area contributed by atoms with E-state index in [-0.39, 0.29) is 5.56 Å². The standard InChI is InChI=1S/C21H19ClN4O2/c1-13-10-17(24-25(13)3)19-14(2)23-20-18(8-5-9-26(20)21(19)27)28-12-15-6-4-7-16(22)11-15/h4-11H,12H2,1-3H3. The number of benzene rings is 1. The number of rotatable bonds is 4. The first-order valence-corrected chi connectivity index (χ1v) is 9.22. The van der Waals surface area contributed by atoms with E-state index in [4.69, 9.17) is 16.3 Å². The Morgan fingerprint density at radius 1 is 1.14 bits per heavy atom. The summed E-state index contributed by atoms with van der Waals surface area (Å²) in [5, 5.41) is 5.09.